The van der Waals surface area contributed by atoms with E-state index < -0.39 is 38.6 Å². The lowest BCUT2D eigenvalue weighted by molar-refractivity contribution is -0.142. The number of rotatable bonds is 8. The van der Waals surface area contributed by atoms with Crippen LogP contribution in [0.5, 0.6) is 0 Å². The average molecular weight is 319 g/mol. The van der Waals surface area contributed by atoms with Gasteiger partial charge in [-0.3, -0.25) is 9.59 Å². The Hall–Kier alpha value is -1.11. The predicted octanol–water partition coefficient (Wildman–Crippen LogP) is 1.21. The lowest BCUT2D eigenvalue weighted by atomic mass is 9.97. The molecule has 0 saturated heterocycles. The van der Waals surface area contributed by atoms with Crippen molar-refractivity contribution in [3.8, 4) is 0 Å². The number of hydrogen-bond acceptors (Lipinski definition) is 4. The van der Waals surface area contributed by atoms with E-state index in [0.717, 1.165) is 12.8 Å². The Labute approximate surface area is 126 Å². The second-order valence-corrected chi connectivity index (χ2v) is 8.46. The fourth-order valence-electron chi connectivity index (χ4n) is 2.68. The number of amides is 1. The molecular formula is C14H25NO5S. The first kappa shape index (κ1) is 17.9. The molecule has 0 heterocycles. The van der Waals surface area contributed by atoms with Crippen molar-refractivity contribution in [1.29, 1.82) is 0 Å². The van der Waals surface area contributed by atoms with Gasteiger partial charge in [0.2, 0.25) is 5.91 Å². The van der Waals surface area contributed by atoms with Gasteiger partial charge in [-0.2, -0.15) is 0 Å². The number of hydrogen-bond donors (Lipinski definition) is 2. The van der Waals surface area contributed by atoms with E-state index in [4.69, 9.17) is 5.11 Å². The quantitative estimate of drug-likeness (QED) is 0.700. The van der Waals surface area contributed by atoms with Crippen LogP contribution in [0.4, 0.5) is 0 Å². The molecule has 2 N–H and O–H groups in total. The van der Waals surface area contributed by atoms with Gasteiger partial charge in [-0.25, -0.2) is 8.42 Å². The van der Waals surface area contributed by atoms with Gasteiger partial charge in [0, 0.05) is 6.54 Å². The summed E-state index contributed by atoms with van der Waals surface area (Å²) in [7, 11) is -3.41. The summed E-state index contributed by atoms with van der Waals surface area (Å²) < 4.78 is 24.0. The fourth-order valence-corrected chi connectivity index (χ4v) is 4.43. The summed E-state index contributed by atoms with van der Waals surface area (Å²) in [6.45, 7) is 3.79. The molecule has 0 bridgehead atoms. The number of carboxylic acid groups (broad SMARTS) is 1. The van der Waals surface area contributed by atoms with Gasteiger partial charge in [-0.15, -0.1) is 0 Å². The van der Waals surface area contributed by atoms with Gasteiger partial charge in [0.25, 0.3) is 0 Å². The zero-order valence-corrected chi connectivity index (χ0v) is 13.5. The van der Waals surface area contributed by atoms with Gasteiger partial charge in [0.05, 0.1) is 11.2 Å². The van der Waals surface area contributed by atoms with Crippen molar-refractivity contribution in [3.63, 3.8) is 0 Å². The largest absolute Gasteiger partial charge is 0.481 e. The second kappa shape index (κ2) is 7.77. The minimum Gasteiger partial charge on any atom is -0.481 e. The Morgan fingerprint density at radius 2 is 1.81 bits per heavy atom. The van der Waals surface area contributed by atoms with Gasteiger partial charge >= 0.3 is 5.97 Å². The van der Waals surface area contributed by atoms with Gasteiger partial charge in [0.1, 0.15) is 5.75 Å². The van der Waals surface area contributed by atoms with E-state index in [2.05, 4.69) is 5.32 Å². The van der Waals surface area contributed by atoms with Gasteiger partial charge in [0.15, 0.2) is 9.84 Å². The first-order chi connectivity index (χ1) is 9.72. The summed E-state index contributed by atoms with van der Waals surface area (Å²) >= 11 is 0. The van der Waals surface area contributed by atoms with Crippen molar-refractivity contribution in [1.82, 2.24) is 5.32 Å². The smallest absolute Gasteiger partial charge is 0.308 e. The van der Waals surface area contributed by atoms with E-state index in [0.29, 0.717) is 19.3 Å². The predicted molar refractivity (Wildman–Crippen MR) is 79.6 cm³/mol. The Morgan fingerprint density at radius 3 is 2.29 bits per heavy atom. The molecule has 1 atom stereocenters. The molecule has 0 spiro atoms. The molecule has 0 radical (unpaired) electrons. The lowest BCUT2D eigenvalue weighted by Crippen LogP contribution is -2.38. The van der Waals surface area contributed by atoms with Crippen LogP contribution < -0.4 is 5.32 Å². The highest BCUT2D eigenvalue weighted by molar-refractivity contribution is 7.92. The second-order valence-electron chi connectivity index (χ2n) is 6.18. The Kier molecular flexibility index (Phi) is 6.64. The van der Waals surface area contributed by atoms with E-state index in [9.17, 15) is 18.0 Å². The molecule has 122 valence electrons. The number of sulfone groups is 1. The highest BCUT2D eigenvalue weighted by Crippen LogP contribution is 2.25. The zero-order chi connectivity index (χ0) is 16.0. The highest BCUT2D eigenvalue weighted by atomic mass is 32.2. The van der Waals surface area contributed by atoms with Crippen LogP contribution in [0.1, 0.15) is 46.0 Å². The van der Waals surface area contributed by atoms with Crippen molar-refractivity contribution in [3.05, 3.63) is 0 Å². The highest BCUT2D eigenvalue weighted by Gasteiger charge is 2.31. The maximum Gasteiger partial charge on any atom is 0.308 e. The summed E-state index contributed by atoms with van der Waals surface area (Å²) in [4.78, 5) is 22.8. The summed E-state index contributed by atoms with van der Waals surface area (Å²) in [6.07, 6.45) is 3.48. The van der Waals surface area contributed by atoms with Crippen LogP contribution in [0.25, 0.3) is 0 Å². The van der Waals surface area contributed by atoms with Crippen molar-refractivity contribution in [2.45, 2.75) is 51.2 Å². The van der Waals surface area contributed by atoms with E-state index in [1.165, 1.54) is 0 Å². The third kappa shape index (κ3) is 6.03. The van der Waals surface area contributed by atoms with Crippen LogP contribution in [0, 0.1) is 11.8 Å². The fraction of sp³-hybridized carbons (Fsp3) is 0.857. The lowest BCUT2D eigenvalue weighted by Gasteiger charge is -2.16. The average Bonchev–Trinajstić information content (AvgIpc) is 2.87. The number of aliphatic carboxylic acids is 1. The maximum absolute atomic E-state index is 12.0. The van der Waals surface area contributed by atoms with Crippen LogP contribution in [0.2, 0.25) is 0 Å². The SMILES string of the molecule is CC(C)CC(CNC(=O)CS(=O)(=O)C1CCCC1)C(=O)O. The monoisotopic (exact) mass is 319 g/mol. The zero-order valence-electron chi connectivity index (χ0n) is 12.7. The normalized spacial score (nSPS) is 17.9. The molecule has 21 heavy (non-hydrogen) atoms. The molecule has 1 saturated carbocycles. The van der Waals surface area contributed by atoms with E-state index in [1.807, 2.05) is 13.8 Å². The van der Waals surface area contributed by atoms with Crippen molar-refractivity contribution in [2.75, 3.05) is 12.3 Å². The number of nitrogens with one attached hydrogen (secondary N) is 1. The third-order valence-electron chi connectivity index (χ3n) is 3.79. The van der Waals surface area contributed by atoms with Gasteiger partial charge < -0.3 is 10.4 Å². The molecule has 1 rings (SSSR count). The van der Waals surface area contributed by atoms with Crippen molar-refractivity contribution >= 4 is 21.7 Å². The molecule has 0 aromatic rings. The summed E-state index contributed by atoms with van der Waals surface area (Å²) in [5.74, 6) is -2.58. The molecule has 7 heteroatoms. The number of carbonyl (C=O) groups is 2. The summed E-state index contributed by atoms with van der Waals surface area (Å²) in [5.41, 5.74) is 0. The molecule has 1 aliphatic rings. The molecule has 1 fully saturated rings. The molecule has 1 aliphatic carbocycles. The van der Waals surface area contributed by atoms with Crippen LogP contribution in [0.15, 0.2) is 0 Å². The van der Waals surface area contributed by atoms with Crippen LogP contribution in [0.3, 0.4) is 0 Å². The molecule has 6 nitrogen and oxygen atoms in total. The summed E-state index contributed by atoms with van der Waals surface area (Å²) in [6, 6.07) is 0. The molecule has 1 unspecified atom stereocenters. The number of carbonyl (C=O) groups excluding carboxylic acids is 1. The Morgan fingerprint density at radius 1 is 1.24 bits per heavy atom. The molecule has 0 aromatic heterocycles. The Balaban J connectivity index is 2.47. The minimum atomic E-state index is -3.41. The topological polar surface area (TPSA) is 101 Å². The standard InChI is InChI=1S/C14H25NO5S/c1-10(2)7-11(14(17)18)8-15-13(16)9-21(19,20)12-5-3-4-6-12/h10-12H,3-9H2,1-2H3,(H,15,16)(H,17,18). The van der Waals surface area contributed by atoms with Crippen LogP contribution in [-0.4, -0.2) is 42.9 Å². The van der Waals surface area contributed by atoms with Crippen molar-refractivity contribution < 1.29 is 23.1 Å². The van der Waals surface area contributed by atoms with Crippen LogP contribution in [-0.2, 0) is 19.4 Å². The van der Waals surface area contributed by atoms with Gasteiger partial charge in [-0.1, -0.05) is 26.7 Å². The van der Waals surface area contributed by atoms with Crippen molar-refractivity contribution in [2.24, 2.45) is 11.8 Å². The molecule has 0 aliphatic heterocycles. The third-order valence-corrected chi connectivity index (χ3v) is 5.94. The molecule has 1 amide bonds. The van der Waals surface area contributed by atoms with Crippen LogP contribution >= 0.6 is 0 Å². The van der Waals surface area contributed by atoms with E-state index >= 15 is 0 Å². The Bertz CT molecular complexity index is 466. The first-order valence-corrected chi connectivity index (χ1v) is 9.15. The first-order valence-electron chi connectivity index (χ1n) is 7.43. The minimum absolute atomic E-state index is 0.0213. The molecule has 0 aromatic carbocycles. The summed E-state index contributed by atoms with van der Waals surface area (Å²) in [5, 5.41) is 11.1. The maximum atomic E-state index is 12.0. The van der Waals surface area contributed by atoms with E-state index in [-0.39, 0.29) is 12.5 Å². The number of carboxylic acids is 1. The molecular weight excluding hydrogens is 294 g/mol. The van der Waals surface area contributed by atoms with Gasteiger partial charge in [-0.05, 0) is 25.2 Å². The van der Waals surface area contributed by atoms with E-state index in [1.54, 1.807) is 0 Å².